The Morgan fingerprint density at radius 1 is 1.16 bits per heavy atom. The van der Waals surface area contributed by atoms with Crippen LogP contribution in [0.15, 0.2) is 35.9 Å². The van der Waals surface area contributed by atoms with Crippen LogP contribution in [-0.4, -0.2) is 24.5 Å². The summed E-state index contributed by atoms with van der Waals surface area (Å²) in [6.45, 7) is 10.4. The summed E-state index contributed by atoms with van der Waals surface area (Å²) in [5, 5.41) is 0. The average molecular weight is 258 g/mol. The van der Waals surface area contributed by atoms with Gasteiger partial charge in [0, 0.05) is 25.3 Å². The molecule has 1 aliphatic rings. The molecule has 0 aromatic heterocycles. The quantitative estimate of drug-likeness (QED) is 0.664. The normalized spacial score (nSPS) is 17.3. The molecule has 0 radical (unpaired) electrons. The topological polar surface area (TPSA) is 29.3 Å². The summed E-state index contributed by atoms with van der Waals surface area (Å²) in [7, 11) is 0. The molecule has 0 amide bonds. The number of nitrogens with two attached hydrogens (primary N) is 1. The lowest BCUT2D eigenvalue weighted by molar-refractivity contribution is 0.282. The van der Waals surface area contributed by atoms with Gasteiger partial charge in [0.15, 0.2) is 0 Å². The van der Waals surface area contributed by atoms with E-state index in [0.29, 0.717) is 5.41 Å². The number of nitrogen functional groups attached to an aromatic ring is 1. The summed E-state index contributed by atoms with van der Waals surface area (Å²) >= 11 is 0. The van der Waals surface area contributed by atoms with Gasteiger partial charge in [0.1, 0.15) is 0 Å². The Balaban J connectivity index is 1.83. The fraction of sp³-hybridized carbons (Fsp3) is 0.529. The second-order valence-electron chi connectivity index (χ2n) is 6.52. The lowest BCUT2D eigenvalue weighted by Crippen LogP contribution is -2.32. The number of nitrogens with zero attached hydrogens (tertiary/aromatic N) is 1. The van der Waals surface area contributed by atoms with Gasteiger partial charge in [0.05, 0.1) is 0 Å². The van der Waals surface area contributed by atoms with Crippen LogP contribution in [0.25, 0.3) is 0 Å². The minimum atomic E-state index is 0.336. The lowest BCUT2D eigenvalue weighted by Gasteiger charge is -2.32. The molecule has 0 unspecified atom stereocenters. The third kappa shape index (κ3) is 4.10. The number of rotatable bonds is 3. The van der Waals surface area contributed by atoms with Crippen molar-refractivity contribution in [2.45, 2.75) is 33.6 Å². The van der Waals surface area contributed by atoms with Crippen molar-refractivity contribution in [3.8, 4) is 0 Å². The van der Waals surface area contributed by atoms with Crippen molar-refractivity contribution < 1.29 is 0 Å². The fourth-order valence-electron chi connectivity index (χ4n) is 2.57. The van der Waals surface area contributed by atoms with E-state index in [0.717, 1.165) is 25.2 Å². The smallest absolute Gasteiger partial charge is 0.0314 e. The van der Waals surface area contributed by atoms with E-state index in [1.807, 2.05) is 12.1 Å². The number of hydrogen-bond donors (Lipinski definition) is 1. The Hall–Kier alpha value is -1.28. The first kappa shape index (κ1) is 14.1. The summed E-state index contributed by atoms with van der Waals surface area (Å²) in [4.78, 5) is 2.53. The maximum Gasteiger partial charge on any atom is 0.0314 e. The number of benzene rings is 1. The molecule has 0 aliphatic carbocycles. The van der Waals surface area contributed by atoms with Crippen LogP contribution in [0.3, 0.4) is 0 Å². The van der Waals surface area contributed by atoms with E-state index in [9.17, 15) is 0 Å². The van der Waals surface area contributed by atoms with Crippen LogP contribution in [0.5, 0.6) is 0 Å². The summed E-state index contributed by atoms with van der Waals surface area (Å²) in [5.41, 5.74) is 9.87. The zero-order chi connectivity index (χ0) is 13.9. The van der Waals surface area contributed by atoms with Crippen LogP contribution in [0.1, 0.15) is 32.8 Å². The van der Waals surface area contributed by atoms with E-state index >= 15 is 0 Å². The van der Waals surface area contributed by atoms with Crippen LogP contribution in [0.4, 0.5) is 5.69 Å². The van der Waals surface area contributed by atoms with Crippen molar-refractivity contribution in [3.63, 3.8) is 0 Å². The Morgan fingerprint density at radius 3 is 2.37 bits per heavy atom. The van der Waals surface area contributed by atoms with E-state index in [1.165, 1.54) is 18.5 Å². The molecule has 1 aromatic rings. The molecule has 0 saturated carbocycles. The van der Waals surface area contributed by atoms with Gasteiger partial charge >= 0.3 is 0 Å². The first-order valence-electron chi connectivity index (χ1n) is 7.21. The van der Waals surface area contributed by atoms with Gasteiger partial charge in [-0.3, -0.25) is 4.90 Å². The number of anilines is 1. The van der Waals surface area contributed by atoms with Gasteiger partial charge in [-0.25, -0.2) is 0 Å². The number of hydrogen-bond acceptors (Lipinski definition) is 2. The molecule has 1 aliphatic heterocycles. The van der Waals surface area contributed by atoms with Gasteiger partial charge in [-0.1, -0.05) is 44.6 Å². The maximum absolute atomic E-state index is 5.70. The second-order valence-corrected chi connectivity index (χ2v) is 6.52. The van der Waals surface area contributed by atoms with Gasteiger partial charge < -0.3 is 5.73 Å². The summed E-state index contributed by atoms with van der Waals surface area (Å²) in [6, 6.07) is 8.25. The largest absolute Gasteiger partial charge is 0.399 e. The molecule has 0 spiro atoms. The summed E-state index contributed by atoms with van der Waals surface area (Å²) in [5.74, 6) is 0. The molecule has 0 saturated heterocycles. The van der Waals surface area contributed by atoms with Crippen LogP contribution in [0, 0.1) is 5.41 Å². The molecular formula is C17H26N2. The molecule has 104 valence electrons. The zero-order valence-electron chi connectivity index (χ0n) is 12.4. The van der Waals surface area contributed by atoms with Gasteiger partial charge in [0.25, 0.3) is 0 Å². The van der Waals surface area contributed by atoms with Crippen LogP contribution < -0.4 is 5.73 Å². The summed E-state index contributed by atoms with van der Waals surface area (Å²) in [6.07, 6.45) is 4.75. The van der Waals surface area contributed by atoms with Crippen molar-refractivity contribution in [2.75, 3.05) is 25.4 Å². The Kier molecular flexibility index (Phi) is 4.31. The minimum Gasteiger partial charge on any atom is -0.399 e. The van der Waals surface area contributed by atoms with E-state index < -0.39 is 0 Å². The first-order valence-corrected chi connectivity index (χ1v) is 7.21. The molecule has 19 heavy (non-hydrogen) atoms. The standard InChI is InChI=1S/C17H26N2/c1-17(2,3)15-9-12-19(13-10-15)11-8-14-4-6-16(18)7-5-14/h4-7,9H,8,10-13,18H2,1-3H3. The molecule has 0 fully saturated rings. The van der Waals surface area contributed by atoms with Crippen LogP contribution in [-0.2, 0) is 6.42 Å². The van der Waals surface area contributed by atoms with Gasteiger partial charge in [-0.15, -0.1) is 0 Å². The fourth-order valence-corrected chi connectivity index (χ4v) is 2.57. The SMILES string of the molecule is CC(C)(C)C1=CCN(CCc2ccc(N)cc2)CC1. The van der Waals surface area contributed by atoms with E-state index in [-0.39, 0.29) is 0 Å². The Labute approximate surface area is 117 Å². The highest BCUT2D eigenvalue weighted by atomic mass is 15.1. The summed E-state index contributed by atoms with van der Waals surface area (Å²) < 4.78 is 0. The molecule has 2 nitrogen and oxygen atoms in total. The van der Waals surface area contributed by atoms with E-state index in [1.54, 1.807) is 5.57 Å². The van der Waals surface area contributed by atoms with Crippen LogP contribution >= 0.6 is 0 Å². The maximum atomic E-state index is 5.70. The van der Waals surface area contributed by atoms with Gasteiger partial charge in [-0.2, -0.15) is 0 Å². The molecule has 2 rings (SSSR count). The molecule has 2 heteroatoms. The van der Waals surface area contributed by atoms with Gasteiger partial charge in [-0.05, 0) is 36.0 Å². The van der Waals surface area contributed by atoms with Crippen molar-refractivity contribution in [2.24, 2.45) is 5.41 Å². The van der Waals surface area contributed by atoms with Crippen molar-refractivity contribution in [1.82, 2.24) is 4.90 Å². The highest BCUT2D eigenvalue weighted by molar-refractivity contribution is 5.39. The van der Waals surface area contributed by atoms with Crippen molar-refractivity contribution >= 4 is 5.69 Å². The third-order valence-electron chi connectivity index (χ3n) is 3.95. The monoisotopic (exact) mass is 258 g/mol. The molecule has 1 heterocycles. The molecule has 0 atom stereocenters. The lowest BCUT2D eigenvalue weighted by atomic mass is 9.83. The average Bonchev–Trinajstić information content (AvgIpc) is 2.37. The highest BCUT2D eigenvalue weighted by Crippen LogP contribution is 2.29. The highest BCUT2D eigenvalue weighted by Gasteiger charge is 2.20. The van der Waals surface area contributed by atoms with E-state index in [2.05, 4.69) is 43.9 Å². The zero-order valence-corrected chi connectivity index (χ0v) is 12.4. The predicted octanol–water partition coefficient (Wildman–Crippen LogP) is 3.49. The molecular weight excluding hydrogens is 232 g/mol. The van der Waals surface area contributed by atoms with Crippen LogP contribution in [0.2, 0.25) is 0 Å². The van der Waals surface area contributed by atoms with Crippen molar-refractivity contribution in [1.29, 1.82) is 0 Å². The van der Waals surface area contributed by atoms with Gasteiger partial charge in [0.2, 0.25) is 0 Å². The third-order valence-corrected chi connectivity index (χ3v) is 3.95. The molecule has 0 bridgehead atoms. The van der Waals surface area contributed by atoms with E-state index in [4.69, 9.17) is 5.73 Å². The van der Waals surface area contributed by atoms with Crippen molar-refractivity contribution in [3.05, 3.63) is 41.5 Å². The Morgan fingerprint density at radius 2 is 1.84 bits per heavy atom. The second kappa shape index (κ2) is 5.79. The minimum absolute atomic E-state index is 0.336. The predicted molar refractivity (Wildman–Crippen MR) is 83.2 cm³/mol. The first-order chi connectivity index (χ1) is 8.95. The molecule has 1 aromatic carbocycles. The molecule has 2 N–H and O–H groups in total. The Bertz CT molecular complexity index is 437.